The number of carbonyl (C=O) groups is 2. The number of nitrogen functional groups attached to an aromatic ring is 1. The Labute approximate surface area is 196 Å². The van der Waals surface area contributed by atoms with Gasteiger partial charge >= 0.3 is 0 Å². The lowest BCUT2D eigenvalue weighted by atomic mass is 10.0. The van der Waals surface area contributed by atoms with Crippen molar-refractivity contribution < 1.29 is 14.1 Å². The minimum absolute atomic E-state index is 0.0286. The maximum atomic E-state index is 12.5. The average molecular weight is 459 g/mol. The molecule has 34 heavy (non-hydrogen) atoms. The molecule has 0 unspecified atom stereocenters. The Morgan fingerprint density at radius 3 is 2.41 bits per heavy atom. The maximum Gasteiger partial charge on any atom is 0.254 e. The van der Waals surface area contributed by atoms with Gasteiger partial charge in [-0.2, -0.15) is 5.10 Å². The van der Waals surface area contributed by atoms with Crippen molar-refractivity contribution in [2.75, 3.05) is 11.1 Å². The second kappa shape index (κ2) is 9.62. The van der Waals surface area contributed by atoms with Crippen LogP contribution in [0, 0.1) is 0 Å². The van der Waals surface area contributed by atoms with Crippen LogP contribution in [0.3, 0.4) is 0 Å². The molecule has 2 heterocycles. The molecule has 2 aromatic carbocycles. The van der Waals surface area contributed by atoms with E-state index in [1.165, 1.54) is 0 Å². The second-order valence-electron chi connectivity index (χ2n) is 8.28. The fourth-order valence-corrected chi connectivity index (χ4v) is 3.69. The monoisotopic (exact) mass is 458 g/mol. The normalized spacial score (nSPS) is 11.0. The standard InChI is InChI=1S/C25H26N6O3/c1-15(2)31-24(26)22(25(27)33)23(29-31)18-10-8-17(9-11-18)13-20(32)28-21-14-19(30-34-21)12-16-6-4-3-5-7-16/h3-11,14-15H,12-13,26H2,1-2H3,(H2,27,33)(H,28,32). The molecule has 0 aliphatic heterocycles. The number of rotatable bonds is 8. The fraction of sp³-hybridized carbons (Fsp3) is 0.200. The van der Waals surface area contributed by atoms with Crippen molar-refractivity contribution in [2.24, 2.45) is 5.73 Å². The van der Waals surface area contributed by atoms with Crippen LogP contribution in [0.25, 0.3) is 11.3 Å². The van der Waals surface area contributed by atoms with Crippen LogP contribution < -0.4 is 16.8 Å². The number of primary amides is 1. The lowest BCUT2D eigenvalue weighted by Gasteiger charge is -2.07. The zero-order valence-electron chi connectivity index (χ0n) is 19.0. The van der Waals surface area contributed by atoms with E-state index in [1.807, 2.05) is 44.2 Å². The summed E-state index contributed by atoms with van der Waals surface area (Å²) in [5.74, 6) is -0.337. The first kappa shape index (κ1) is 22.8. The Bertz CT molecular complexity index is 1310. The van der Waals surface area contributed by atoms with E-state index in [4.69, 9.17) is 16.0 Å². The zero-order valence-corrected chi connectivity index (χ0v) is 19.0. The highest BCUT2D eigenvalue weighted by atomic mass is 16.5. The second-order valence-corrected chi connectivity index (χ2v) is 8.28. The highest BCUT2D eigenvalue weighted by Crippen LogP contribution is 2.29. The Morgan fingerprint density at radius 1 is 1.06 bits per heavy atom. The van der Waals surface area contributed by atoms with Crippen molar-refractivity contribution in [3.8, 4) is 11.3 Å². The summed E-state index contributed by atoms with van der Waals surface area (Å²) in [5.41, 5.74) is 15.5. The van der Waals surface area contributed by atoms with Gasteiger partial charge in [0.05, 0.1) is 12.1 Å². The van der Waals surface area contributed by atoms with Crippen molar-refractivity contribution in [3.05, 3.63) is 83.0 Å². The van der Waals surface area contributed by atoms with E-state index in [9.17, 15) is 9.59 Å². The number of carbonyl (C=O) groups excluding carboxylic acids is 2. The summed E-state index contributed by atoms with van der Waals surface area (Å²) in [4.78, 5) is 24.4. The van der Waals surface area contributed by atoms with Crippen LogP contribution in [-0.4, -0.2) is 26.8 Å². The molecule has 0 aliphatic carbocycles. The zero-order chi connectivity index (χ0) is 24.2. The predicted molar refractivity (Wildman–Crippen MR) is 129 cm³/mol. The van der Waals surface area contributed by atoms with Crippen molar-refractivity contribution in [1.82, 2.24) is 14.9 Å². The molecule has 0 saturated heterocycles. The first-order valence-electron chi connectivity index (χ1n) is 10.9. The minimum Gasteiger partial charge on any atom is -0.383 e. The first-order chi connectivity index (χ1) is 16.3. The molecule has 0 saturated carbocycles. The number of nitrogens with zero attached hydrogens (tertiary/aromatic N) is 3. The summed E-state index contributed by atoms with van der Waals surface area (Å²) >= 11 is 0. The van der Waals surface area contributed by atoms with Crippen LogP contribution >= 0.6 is 0 Å². The molecule has 4 aromatic rings. The van der Waals surface area contributed by atoms with Gasteiger partial charge in [-0.15, -0.1) is 0 Å². The number of amides is 2. The summed E-state index contributed by atoms with van der Waals surface area (Å²) < 4.78 is 6.81. The molecule has 0 bridgehead atoms. The van der Waals surface area contributed by atoms with Crippen molar-refractivity contribution in [2.45, 2.75) is 32.7 Å². The molecular formula is C25H26N6O3. The van der Waals surface area contributed by atoms with Crippen LogP contribution in [0.5, 0.6) is 0 Å². The third-order valence-electron chi connectivity index (χ3n) is 5.32. The third-order valence-corrected chi connectivity index (χ3v) is 5.32. The van der Waals surface area contributed by atoms with Gasteiger partial charge in [0.15, 0.2) is 0 Å². The number of hydrogen-bond acceptors (Lipinski definition) is 6. The van der Waals surface area contributed by atoms with Gasteiger partial charge in [-0.05, 0) is 25.0 Å². The van der Waals surface area contributed by atoms with Gasteiger partial charge in [-0.25, -0.2) is 4.68 Å². The topological polar surface area (TPSA) is 142 Å². The van der Waals surface area contributed by atoms with E-state index < -0.39 is 5.91 Å². The molecule has 2 amide bonds. The summed E-state index contributed by atoms with van der Waals surface area (Å²) in [6.45, 7) is 3.83. The van der Waals surface area contributed by atoms with Crippen LogP contribution in [-0.2, 0) is 17.6 Å². The number of anilines is 2. The van der Waals surface area contributed by atoms with E-state index >= 15 is 0 Å². The molecule has 4 rings (SSSR count). The van der Waals surface area contributed by atoms with Gasteiger partial charge in [0.2, 0.25) is 11.8 Å². The van der Waals surface area contributed by atoms with Crippen LogP contribution in [0.4, 0.5) is 11.7 Å². The minimum atomic E-state index is -0.637. The molecule has 0 aliphatic rings. The summed E-state index contributed by atoms with van der Waals surface area (Å²) in [6.07, 6.45) is 0.756. The largest absolute Gasteiger partial charge is 0.383 e. The van der Waals surface area contributed by atoms with E-state index in [-0.39, 0.29) is 29.8 Å². The summed E-state index contributed by atoms with van der Waals surface area (Å²) in [5, 5.41) is 11.2. The van der Waals surface area contributed by atoms with Gasteiger partial charge in [0.1, 0.15) is 17.1 Å². The Hall–Kier alpha value is -4.40. The molecule has 9 nitrogen and oxygen atoms in total. The highest BCUT2D eigenvalue weighted by molar-refractivity contribution is 6.03. The van der Waals surface area contributed by atoms with Crippen LogP contribution in [0.15, 0.2) is 65.2 Å². The van der Waals surface area contributed by atoms with Gasteiger partial charge < -0.3 is 16.0 Å². The molecule has 0 spiro atoms. The lowest BCUT2D eigenvalue weighted by Crippen LogP contribution is -2.15. The van der Waals surface area contributed by atoms with Crippen LogP contribution in [0.2, 0.25) is 0 Å². The van der Waals surface area contributed by atoms with Gasteiger partial charge in [-0.1, -0.05) is 59.8 Å². The molecule has 0 atom stereocenters. The maximum absolute atomic E-state index is 12.5. The number of nitrogens with one attached hydrogen (secondary N) is 1. The van der Waals surface area contributed by atoms with Gasteiger partial charge in [0.25, 0.3) is 5.91 Å². The number of hydrogen-bond donors (Lipinski definition) is 3. The van der Waals surface area contributed by atoms with E-state index in [0.717, 1.165) is 16.8 Å². The van der Waals surface area contributed by atoms with E-state index in [0.29, 0.717) is 23.6 Å². The number of nitrogens with two attached hydrogens (primary N) is 2. The van der Waals surface area contributed by atoms with Crippen molar-refractivity contribution in [1.29, 1.82) is 0 Å². The smallest absolute Gasteiger partial charge is 0.254 e. The van der Waals surface area contributed by atoms with Crippen molar-refractivity contribution >= 4 is 23.5 Å². The van der Waals surface area contributed by atoms with Crippen LogP contribution in [0.1, 0.15) is 47.1 Å². The van der Waals surface area contributed by atoms with Gasteiger partial charge in [0, 0.05) is 24.1 Å². The molecule has 9 heteroatoms. The summed E-state index contributed by atoms with van der Waals surface area (Å²) in [7, 11) is 0. The molecule has 2 aromatic heterocycles. The quantitative estimate of drug-likeness (QED) is 0.368. The first-order valence-corrected chi connectivity index (χ1v) is 10.9. The third kappa shape index (κ3) is 4.98. The molecule has 5 N–H and O–H groups in total. The molecule has 174 valence electrons. The van der Waals surface area contributed by atoms with E-state index in [1.54, 1.807) is 35.0 Å². The molecule has 0 fully saturated rings. The predicted octanol–water partition coefficient (Wildman–Crippen LogP) is 3.57. The molecular weight excluding hydrogens is 432 g/mol. The van der Waals surface area contributed by atoms with Crippen molar-refractivity contribution in [3.63, 3.8) is 0 Å². The van der Waals surface area contributed by atoms with Gasteiger partial charge in [-0.3, -0.25) is 14.9 Å². The average Bonchev–Trinajstić information content (AvgIpc) is 3.38. The SMILES string of the molecule is CC(C)n1nc(-c2ccc(CC(=O)Nc3cc(Cc4ccccc4)no3)cc2)c(C(N)=O)c1N. The molecule has 0 radical (unpaired) electrons. The number of benzene rings is 2. The number of aromatic nitrogens is 3. The summed E-state index contributed by atoms with van der Waals surface area (Å²) in [6, 6.07) is 18.7. The Kier molecular flexibility index (Phi) is 6.44. The Morgan fingerprint density at radius 2 is 1.76 bits per heavy atom. The van der Waals surface area contributed by atoms with E-state index in [2.05, 4.69) is 15.6 Å². The fourth-order valence-electron chi connectivity index (χ4n) is 3.69. The highest BCUT2D eigenvalue weighted by Gasteiger charge is 2.22. The Balaban J connectivity index is 1.42. The lowest BCUT2D eigenvalue weighted by molar-refractivity contribution is -0.115.